The molecule has 2 aromatic rings. The number of urea groups is 1. The monoisotopic (exact) mass is 380 g/mol. The number of benzene rings is 2. The van der Waals surface area contributed by atoms with Crippen LogP contribution in [-0.4, -0.2) is 43.8 Å². The Morgan fingerprint density at radius 2 is 2.00 bits per heavy atom. The fraction of sp³-hybridized carbons (Fsp3) is 0.316. The summed E-state index contributed by atoms with van der Waals surface area (Å²) in [5.41, 5.74) is 0.408. The number of rotatable bonds is 5. The van der Waals surface area contributed by atoms with E-state index < -0.39 is 17.7 Å². The average Bonchev–Trinajstić information content (AvgIpc) is 2.67. The number of carbonyl (C=O) groups excluding carboxylic acids is 1. The topological polar surface area (TPSA) is 50.8 Å². The van der Waals surface area contributed by atoms with Crippen molar-refractivity contribution in [2.24, 2.45) is 0 Å². The van der Waals surface area contributed by atoms with Crippen LogP contribution in [0, 0.1) is 17.5 Å². The fourth-order valence-corrected chi connectivity index (χ4v) is 2.78. The first kappa shape index (κ1) is 19.0. The van der Waals surface area contributed by atoms with Crippen LogP contribution < -0.4 is 10.1 Å². The minimum Gasteiger partial charge on any atom is -0.489 e. The fourth-order valence-electron chi connectivity index (χ4n) is 2.78. The predicted molar refractivity (Wildman–Crippen MR) is 91.9 cm³/mol. The number of nitrogens with zero attached hydrogens (tertiary/aromatic N) is 1. The average molecular weight is 380 g/mol. The van der Waals surface area contributed by atoms with Gasteiger partial charge in [-0.25, -0.2) is 18.0 Å². The van der Waals surface area contributed by atoms with Crippen LogP contribution in [0.25, 0.3) is 0 Å². The second-order valence-electron chi connectivity index (χ2n) is 5.98. The Kier molecular flexibility index (Phi) is 6.18. The van der Waals surface area contributed by atoms with Crippen LogP contribution in [0.4, 0.5) is 18.0 Å². The van der Waals surface area contributed by atoms with Gasteiger partial charge in [-0.2, -0.15) is 0 Å². The Bertz CT molecular complexity index is 804. The van der Waals surface area contributed by atoms with Gasteiger partial charge in [0.1, 0.15) is 24.3 Å². The summed E-state index contributed by atoms with van der Waals surface area (Å²) in [5.74, 6) is -1.96. The molecule has 1 aliphatic heterocycles. The van der Waals surface area contributed by atoms with Crippen molar-refractivity contribution in [1.82, 2.24) is 10.2 Å². The number of ether oxygens (including phenoxy) is 2. The van der Waals surface area contributed by atoms with E-state index in [1.807, 2.05) is 0 Å². The molecule has 1 aliphatic rings. The van der Waals surface area contributed by atoms with E-state index >= 15 is 0 Å². The lowest BCUT2D eigenvalue weighted by Crippen LogP contribution is -2.48. The summed E-state index contributed by atoms with van der Waals surface area (Å²) in [5, 5.41) is 2.66. The summed E-state index contributed by atoms with van der Waals surface area (Å²) in [4.78, 5) is 13.8. The second-order valence-corrected chi connectivity index (χ2v) is 5.98. The van der Waals surface area contributed by atoms with Crippen molar-refractivity contribution in [3.8, 4) is 5.75 Å². The highest BCUT2D eigenvalue weighted by atomic mass is 19.1. The molecule has 1 N–H and O–H groups in total. The molecular weight excluding hydrogens is 361 g/mol. The molecule has 3 rings (SSSR count). The van der Waals surface area contributed by atoms with E-state index in [0.717, 1.165) is 12.1 Å². The molecule has 0 radical (unpaired) electrons. The molecule has 1 fully saturated rings. The first-order valence-corrected chi connectivity index (χ1v) is 8.51. The van der Waals surface area contributed by atoms with Gasteiger partial charge in [0.25, 0.3) is 0 Å². The SMILES string of the molecule is O=C(NCCOc1ccc(F)cc1F)N1CCOC(c2ccccc2F)C1. The van der Waals surface area contributed by atoms with Crippen LogP contribution in [0.15, 0.2) is 42.5 Å². The molecule has 0 spiro atoms. The molecule has 0 aliphatic carbocycles. The van der Waals surface area contributed by atoms with E-state index in [1.165, 1.54) is 17.0 Å². The van der Waals surface area contributed by atoms with Crippen molar-refractivity contribution in [1.29, 1.82) is 0 Å². The highest BCUT2D eigenvalue weighted by Gasteiger charge is 2.26. The van der Waals surface area contributed by atoms with Gasteiger partial charge in [-0.15, -0.1) is 0 Å². The lowest BCUT2D eigenvalue weighted by Gasteiger charge is -2.33. The van der Waals surface area contributed by atoms with E-state index in [0.29, 0.717) is 18.7 Å². The Balaban J connectivity index is 1.47. The van der Waals surface area contributed by atoms with Crippen molar-refractivity contribution in [2.75, 3.05) is 32.8 Å². The van der Waals surface area contributed by atoms with Crippen LogP contribution >= 0.6 is 0 Å². The minimum absolute atomic E-state index is 0.0232. The largest absolute Gasteiger partial charge is 0.489 e. The van der Waals surface area contributed by atoms with Crippen LogP contribution in [0.3, 0.4) is 0 Å². The number of amides is 2. The van der Waals surface area contributed by atoms with Crippen LogP contribution in [0.5, 0.6) is 5.75 Å². The molecule has 2 amide bonds. The lowest BCUT2D eigenvalue weighted by atomic mass is 10.1. The summed E-state index contributed by atoms with van der Waals surface area (Å²) in [6.07, 6.45) is -0.532. The van der Waals surface area contributed by atoms with E-state index in [9.17, 15) is 18.0 Å². The third kappa shape index (κ3) is 4.91. The van der Waals surface area contributed by atoms with Gasteiger partial charge in [-0.3, -0.25) is 0 Å². The van der Waals surface area contributed by atoms with Crippen LogP contribution in [0.2, 0.25) is 0 Å². The summed E-state index contributed by atoms with van der Waals surface area (Å²) in [6, 6.07) is 8.95. The normalized spacial score (nSPS) is 16.9. The van der Waals surface area contributed by atoms with E-state index in [2.05, 4.69) is 5.32 Å². The first-order valence-electron chi connectivity index (χ1n) is 8.51. The Morgan fingerprint density at radius 3 is 2.78 bits per heavy atom. The Morgan fingerprint density at radius 1 is 1.19 bits per heavy atom. The molecule has 5 nitrogen and oxygen atoms in total. The third-order valence-corrected chi connectivity index (χ3v) is 4.14. The molecule has 2 aromatic carbocycles. The smallest absolute Gasteiger partial charge is 0.317 e. The van der Waals surface area contributed by atoms with Crippen molar-refractivity contribution in [2.45, 2.75) is 6.10 Å². The van der Waals surface area contributed by atoms with Crippen molar-refractivity contribution in [3.63, 3.8) is 0 Å². The molecule has 1 unspecified atom stereocenters. The van der Waals surface area contributed by atoms with E-state index in [-0.39, 0.29) is 37.3 Å². The zero-order valence-electron chi connectivity index (χ0n) is 14.5. The molecule has 0 saturated carbocycles. The van der Waals surface area contributed by atoms with Gasteiger partial charge >= 0.3 is 6.03 Å². The van der Waals surface area contributed by atoms with Crippen LogP contribution in [0.1, 0.15) is 11.7 Å². The summed E-state index contributed by atoms with van der Waals surface area (Å²) >= 11 is 0. The summed E-state index contributed by atoms with van der Waals surface area (Å²) < 4.78 is 51.0. The minimum atomic E-state index is -0.803. The molecule has 144 valence electrons. The van der Waals surface area contributed by atoms with Crippen molar-refractivity contribution < 1.29 is 27.4 Å². The zero-order chi connectivity index (χ0) is 19.2. The molecule has 0 aromatic heterocycles. The molecule has 1 saturated heterocycles. The van der Waals surface area contributed by atoms with Gasteiger partial charge in [-0.1, -0.05) is 18.2 Å². The molecule has 0 bridgehead atoms. The molecule has 1 heterocycles. The first-order chi connectivity index (χ1) is 13.0. The second kappa shape index (κ2) is 8.77. The van der Waals surface area contributed by atoms with Gasteiger partial charge in [0.15, 0.2) is 11.6 Å². The van der Waals surface area contributed by atoms with E-state index in [4.69, 9.17) is 9.47 Å². The maximum Gasteiger partial charge on any atom is 0.317 e. The van der Waals surface area contributed by atoms with E-state index in [1.54, 1.807) is 18.2 Å². The van der Waals surface area contributed by atoms with Gasteiger partial charge in [0.2, 0.25) is 0 Å². The van der Waals surface area contributed by atoms with Gasteiger partial charge in [0.05, 0.1) is 19.7 Å². The Hall–Kier alpha value is -2.74. The number of hydrogen-bond acceptors (Lipinski definition) is 3. The predicted octanol–water partition coefficient (Wildman–Crippen LogP) is 3.27. The third-order valence-electron chi connectivity index (χ3n) is 4.14. The van der Waals surface area contributed by atoms with Crippen molar-refractivity contribution in [3.05, 3.63) is 65.5 Å². The number of carbonyl (C=O) groups is 1. The van der Waals surface area contributed by atoms with Crippen molar-refractivity contribution >= 4 is 6.03 Å². The zero-order valence-corrected chi connectivity index (χ0v) is 14.5. The lowest BCUT2D eigenvalue weighted by molar-refractivity contribution is -0.0171. The summed E-state index contributed by atoms with van der Waals surface area (Å²) in [7, 11) is 0. The molecule has 8 heteroatoms. The van der Waals surface area contributed by atoms with Gasteiger partial charge in [-0.05, 0) is 18.2 Å². The van der Waals surface area contributed by atoms with Gasteiger partial charge in [0, 0.05) is 18.2 Å². The van der Waals surface area contributed by atoms with Crippen LogP contribution in [-0.2, 0) is 4.74 Å². The number of nitrogens with one attached hydrogen (secondary N) is 1. The number of morpholine rings is 1. The number of halogens is 3. The van der Waals surface area contributed by atoms with Gasteiger partial charge < -0.3 is 19.7 Å². The Labute approximate surface area is 154 Å². The highest BCUT2D eigenvalue weighted by Crippen LogP contribution is 2.24. The maximum atomic E-state index is 13.9. The molecular formula is C19H19F3N2O3. The summed E-state index contributed by atoms with van der Waals surface area (Å²) in [6.45, 7) is 1.06. The standard InChI is InChI=1S/C19H19F3N2O3/c20-13-5-6-17(16(22)11-13)26-9-7-23-19(25)24-8-10-27-18(12-24)14-3-1-2-4-15(14)21/h1-6,11,18H,7-10,12H2,(H,23,25). The molecule has 27 heavy (non-hydrogen) atoms. The molecule has 1 atom stereocenters. The highest BCUT2D eigenvalue weighted by molar-refractivity contribution is 5.74. The number of hydrogen-bond donors (Lipinski definition) is 1. The quantitative estimate of drug-likeness (QED) is 0.810. The maximum absolute atomic E-state index is 13.9.